The maximum absolute atomic E-state index is 12.3. The minimum Gasteiger partial charge on any atom is -0.278 e. The lowest BCUT2D eigenvalue weighted by Gasteiger charge is -2.03. The van der Waals surface area contributed by atoms with Crippen LogP contribution in [-0.4, -0.2) is 15.6 Å². The molecule has 0 radical (unpaired) electrons. The zero-order valence-corrected chi connectivity index (χ0v) is 11.7. The standard InChI is InChI=1S/C15H11ClN4O/c16-14-12(10-17-19-11-6-2-1-3-7-11)15(21)20-9-5-4-8-13(20)18-14/h1-10,19H. The van der Waals surface area contributed by atoms with Crippen LogP contribution in [-0.2, 0) is 0 Å². The number of halogens is 1. The summed E-state index contributed by atoms with van der Waals surface area (Å²) in [5, 5.41) is 4.16. The summed E-state index contributed by atoms with van der Waals surface area (Å²) in [7, 11) is 0. The number of hydrogen-bond acceptors (Lipinski definition) is 4. The van der Waals surface area contributed by atoms with Crippen molar-refractivity contribution in [2.45, 2.75) is 0 Å². The second-order valence-corrected chi connectivity index (χ2v) is 4.64. The summed E-state index contributed by atoms with van der Waals surface area (Å²) in [6, 6.07) is 14.7. The molecule has 1 aromatic carbocycles. The van der Waals surface area contributed by atoms with Gasteiger partial charge < -0.3 is 0 Å². The maximum atomic E-state index is 12.3. The highest BCUT2D eigenvalue weighted by molar-refractivity contribution is 6.32. The Hall–Kier alpha value is -2.66. The summed E-state index contributed by atoms with van der Waals surface area (Å²) in [6.45, 7) is 0. The van der Waals surface area contributed by atoms with Crippen molar-refractivity contribution in [2.24, 2.45) is 5.10 Å². The van der Waals surface area contributed by atoms with E-state index in [4.69, 9.17) is 11.6 Å². The van der Waals surface area contributed by atoms with Gasteiger partial charge in [-0.05, 0) is 24.3 Å². The van der Waals surface area contributed by atoms with Gasteiger partial charge >= 0.3 is 0 Å². The summed E-state index contributed by atoms with van der Waals surface area (Å²) < 4.78 is 1.43. The van der Waals surface area contributed by atoms with E-state index >= 15 is 0 Å². The number of benzene rings is 1. The van der Waals surface area contributed by atoms with Gasteiger partial charge in [0.05, 0.1) is 17.5 Å². The number of para-hydroxylation sites is 1. The molecule has 0 bridgehead atoms. The van der Waals surface area contributed by atoms with Crippen LogP contribution in [0.15, 0.2) is 64.6 Å². The third-order valence-electron chi connectivity index (χ3n) is 2.88. The smallest absolute Gasteiger partial charge is 0.268 e. The first kappa shape index (κ1) is 13.3. The van der Waals surface area contributed by atoms with Crippen molar-refractivity contribution in [3.8, 4) is 0 Å². The van der Waals surface area contributed by atoms with E-state index in [0.717, 1.165) is 5.69 Å². The van der Waals surface area contributed by atoms with Crippen LogP contribution >= 0.6 is 11.6 Å². The fraction of sp³-hybridized carbons (Fsp3) is 0. The highest BCUT2D eigenvalue weighted by atomic mass is 35.5. The molecule has 1 N–H and O–H groups in total. The van der Waals surface area contributed by atoms with E-state index in [-0.39, 0.29) is 16.3 Å². The van der Waals surface area contributed by atoms with Gasteiger partial charge in [0.25, 0.3) is 5.56 Å². The van der Waals surface area contributed by atoms with Crippen LogP contribution in [0.5, 0.6) is 0 Å². The molecule has 0 atom stereocenters. The van der Waals surface area contributed by atoms with E-state index in [9.17, 15) is 4.79 Å². The number of pyridine rings is 1. The second kappa shape index (κ2) is 5.76. The highest BCUT2D eigenvalue weighted by Crippen LogP contribution is 2.09. The summed E-state index contributed by atoms with van der Waals surface area (Å²) in [6.07, 6.45) is 3.02. The number of hydrogen-bond donors (Lipinski definition) is 1. The third kappa shape index (κ3) is 2.78. The zero-order valence-electron chi connectivity index (χ0n) is 10.9. The molecular formula is C15H11ClN4O. The van der Waals surface area contributed by atoms with E-state index in [1.54, 1.807) is 24.4 Å². The Morgan fingerprint density at radius 3 is 2.71 bits per heavy atom. The number of anilines is 1. The molecule has 0 aliphatic rings. The number of rotatable bonds is 3. The number of aromatic nitrogens is 2. The Morgan fingerprint density at radius 1 is 1.14 bits per heavy atom. The highest BCUT2D eigenvalue weighted by Gasteiger charge is 2.08. The first-order valence-electron chi connectivity index (χ1n) is 6.27. The molecule has 0 unspecified atom stereocenters. The molecule has 0 aliphatic carbocycles. The van der Waals surface area contributed by atoms with Crippen LogP contribution in [0.1, 0.15) is 5.56 Å². The number of nitrogens with zero attached hydrogens (tertiary/aromatic N) is 3. The lowest BCUT2D eigenvalue weighted by atomic mass is 10.3. The number of fused-ring (bicyclic) bond motifs is 1. The molecule has 5 nitrogen and oxygen atoms in total. The monoisotopic (exact) mass is 298 g/mol. The van der Waals surface area contributed by atoms with Crippen LogP contribution in [0.3, 0.4) is 0 Å². The van der Waals surface area contributed by atoms with Crippen molar-refractivity contribution >= 4 is 29.2 Å². The van der Waals surface area contributed by atoms with Gasteiger partial charge in [-0.2, -0.15) is 5.10 Å². The molecule has 104 valence electrons. The number of hydrazone groups is 1. The van der Waals surface area contributed by atoms with Gasteiger partial charge in [0.2, 0.25) is 0 Å². The molecule has 21 heavy (non-hydrogen) atoms. The first-order valence-corrected chi connectivity index (χ1v) is 6.64. The lowest BCUT2D eigenvalue weighted by Crippen LogP contribution is -2.20. The molecule has 0 aliphatic heterocycles. The summed E-state index contributed by atoms with van der Waals surface area (Å²) >= 11 is 6.05. The average Bonchev–Trinajstić information content (AvgIpc) is 2.51. The molecule has 0 amide bonds. The molecule has 0 fully saturated rings. The molecule has 0 saturated carbocycles. The van der Waals surface area contributed by atoms with Crippen molar-refractivity contribution in [1.82, 2.24) is 9.38 Å². The maximum Gasteiger partial charge on any atom is 0.268 e. The van der Waals surface area contributed by atoms with Gasteiger partial charge in [-0.3, -0.25) is 14.6 Å². The van der Waals surface area contributed by atoms with E-state index in [0.29, 0.717) is 5.65 Å². The van der Waals surface area contributed by atoms with Crippen LogP contribution in [0.25, 0.3) is 5.65 Å². The van der Waals surface area contributed by atoms with Crippen LogP contribution in [0, 0.1) is 0 Å². The minimum atomic E-state index is -0.260. The first-order chi connectivity index (χ1) is 10.3. The van der Waals surface area contributed by atoms with Crippen molar-refractivity contribution in [3.05, 3.63) is 75.8 Å². The van der Waals surface area contributed by atoms with E-state index in [2.05, 4.69) is 15.5 Å². The van der Waals surface area contributed by atoms with Crippen molar-refractivity contribution in [3.63, 3.8) is 0 Å². The Kier molecular flexibility index (Phi) is 3.66. The van der Waals surface area contributed by atoms with Gasteiger partial charge in [0.1, 0.15) is 10.8 Å². The fourth-order valence-corrected chi connectivity index (χ4v) is 2.08. The summed E-state index contributed by atoms with van der Waals surface area (Å²) in [5.74, 6) is 0. The summed E-state index contributed by atoms with van der Waals surface area (Å²) in [4.78, 5) is 16.5. The largest absolute Gasteiger partial charge is 0.278 e. The zero-order chi connectivity index (χ0) is 14.7. The van der Waals surface area contributed by atoms with E-state index in [1.165, 1.54) is 10.6 Å². The van der Waals surface area contributed by atoms with Crippen LogP contribution < -0.4 is 11.0 Å². The Bertz CT molecular complexity index is 858. The topological polar surface area (TPSA) is 58.8 Å². The van der Waals surface area contributed by atoms with Gasteiger partial charge in [-0.25, -0.2) is 4.98 Å². The molecule has 2 aromatic heterocycles. The Morgan fingerprint density at radius 2 is 1.90 bits per heavy atom. The predicted molar refractivity (Wildman–Crippen MR) is 84.1 cm³/mol. The van der Waals surface area contributed by atoms with Gasteiger partial charge in [-0.1, -0.05) is 35.9 Å². The van der Waals surface area contributed by atoms with Crippen molar-refractivity contribution in [2.75, 3.05) is 5.43 Å². The van der Waals surface area contributed by atoms with Crippen molar-refractivity contribution < 1.29 is 0 Å². The van der Waals surface area contributed by atoms with Gasteiger partial charge in [0, 0.05) is 6.20 Å². The molecule has 3 aromatic rings. The van der Waals surface area contributed by atoms with Crippen LogP contribution in [0.4, 0.5) is 5.69 Å². The molecule has 0 spiro atoms. The lowest BCUT2D eigenvalue weighted by molar-refractivity contribution is 1.04. The Labute approximate surface area is 125 Å². The molecular weight excluding hydrogens is 288 g/mol. The van der Waals surface area contributed by atoms with Crippen LogP contribution in [0.2, 0.25) is 5.15 Å². The second-order valence-electron chi connectivity index (χ2n) is 4.29. The molecule has 2 heterocycles. The number of nitrogens with one attached hydrogen (secondary N) is 1. The molecule has 6 heteroatoms. The Balaban J connectivity index is 1.95. The van der Waals surface area contributed by atoms with Crippen molar-refractivity contribution in [1.29, 1.82) is 0 Å². The average molecular weight is 299 g/mol. The quantitative estimate of drug-likeness (QED) is 0.459. The third-order valence-corrected chi connectivity index (χ3v) is 3.17. The van der Waals surface area contributed by atoms with Gasteiger partial charge in [-0.15, -0.1) is 0 Å². The van der Waals surface area contributed by atoms with Gasteiger partial charge in [0.15, 0.2) is 0 Å². The predicted octanol–water partition coefficient (Wildman–Crippen LogP) is 2.79. The molecule has 0 saturated heterocycles. The fourth-order valence-electron chi connectivity index (χ4n) is 1.87. The molecule has 3 rings (SSSR count). The minimum absolute atomic E-state index is 0.129. The SMILES string of the molecule is O=c1c(C=NNc2ccccc2)c(Cl)nc2ccccn12. The van der Waals surface area contributed by atoms with E-state index in [1.807, 2.05) is 30.3 Å². The van der Waals surface area contributed by atoms with E-state index < -0.39 is 0 Å². The normalized spacial score (nSPS) is 11.1. The summed E-state index contributed by atoms with van der Waals surface area (Å²) in [5.41, 5.74) is 4.13.